The molecule has 0 nitrogen and oxygen atoms in total. The minimum Gasteiger partial charge on any atom is -0.0642 e. The number of hydrogen-bond acceptors (Lipinski definition) is 0. The van der Waals surface area contributed by atoms with Crippen LogP contribution in [-0.4, -0.2) is 0 Å². The summed E-state index contributed by atoms with van der Waals surface area (Å²) in [6.45, 7) is 11.8. The van der Waals surface area contributed by atoms with Crippen LogP contribution in [0.5, 0.6) is 0 Å². The first kappa shape index (κ1) is 20.8. The van der Waals surface area contributed by atoms with Gasteiger partial charge < -0.3 is 0 Å². The molecular weight excluding hydrogens is 384 g/mol. The van der Waals surface area contributed by atoms with E-state index in [9.17, 15) is 0 Å². The average molecular weight is 417 g/mol. The summed E-state index contributed by atoms with van der Waals surface area (Å²) in [5.41, 5.74) is 14.0. The van der Waals surface area contributed by atoms with Gasteiger partial charge in [-0.05, 0) is 87.9 Å². The fraction of sp³-hybridized carbons (Fsp3) is 0.250. The summed E-state index contributed by atoms with van der Waals surface area (Å²) in [7, 11) is 0. The molecule has 0 amide bonds. The van der Waals surface area contributed by atoms with Crippen LogP contribution in [0.3, 0.4) is 0 Å². The molecule has 0 saturated heterocycles. The Kier molecular flexibility index (Phi) is 5.05. The highest BCUT2D eigenvalue weighted by Gasteiger charge is 2.45. The minimum atomic E-state index is 0.0443. The molecule has 0 aliphatic heterocycles. The summed E-state index contributed by atoms with van der Waals surface area (Å²) in [5.74, 6) is 0.515. The zero-order chi connectivity index (χ0) is 22.5. The number of rotatable bonds is 4. The molecule has 0 heterocycles. The van der Waals surface area contributed by atoms with Gasteiger partial charge in [0.25, 0.3) is 0 Å². The van der Waals surface area contributed by atoms with Crippen LogP contribution in [0.2, 0.25) is 0 Å². The Balaban J connectivity index is 1.96. The van der Waals surface area contributed by atoms with Crippen LogP contribution in [-0.2, 0) is 5.41 Å². The fourth-order valence-electron chi connectivity index (χ4n) is 6.27. The molecule has 32 heavy (non-hydrogen) atoms. The van der Waals surface area contributed by atoms with Crippen molar-refractivity contribution in [2.75, 3.05) is 0 Å². The zero-order valence-electron chi connectivity index (χ0n) is 19.9. The maximum atomic E-state index is 2.48. The Hall–Kier alpha value is -3.12. The fourth-order valence-corrected chi connectivity index (χ4v) is 6.27. The molecule has 0 N–H and O–H groups in total. The molecule has 0 heteroatoms. The predicted octanol–water partition coefficient (Wildman–Crippen LogP) is 8.97. The Morgan fingerprint density at radius 3 is 1.97 bits per heavy atom. The van der Waals surface area contributed by atoms with Gasteiger partial charge in [0.15, 0.2) is 0 Å². The van der Waals surface area contributed by atoms with E-state index in [1.807, 2.05) is 0 Å². The van der Waals surface area contributed by atoms with Crippen molar-refractivity contribution < 1.29 is 0 Å². The number of hydrogen-bond donors (Lipinski definition) is 0. The highest BCUT2D eigenvalue weighted by Crippen LogP contribution is 2.58. The maximum absolute atomic E-state index is 2.48. The van der Waals surface area contributed by atoms with Gasteiger partial charge in [-0.1, -0.05) is 99.6 Å². The maximum Gasteiger partial charge on any atom is 0.0238 e. The average Bonchev–Trinajstić information content (AvgIpc) is 3.11. The van der Waals surface area contributed by atoms with Crippen LogP contribution in [0, 0.1) is 19.8 Å². The second-order valence-corrected chi connectivity index (χ2v) is 9.55. The van der Waals surface area contributed by atoms with E-state index in [0.29, 0.717) is 5.92 Å². The summed E-state index contributed by atoms with van der Waals surface area (Å²) in [5, 5.41) is 0. The van der Waals surface area contributed by atoms with Crippen LogP contribution < -0.4 is 0 Å². The Labute approximate surface area is 193 Å². The second kappa shape index (κ2) is 7.78. The Morgan fingerprint density at radius 2 is 1.31 bits per heavy atom. The number of fused-ring (bicyclic) bond motifs is 3. The van der Waals surface area contributed by atoms with Crippen molar-refractivity contribution in [3.8, 4) is 33.4 Å². The molecule has 1 atom stereocenters. The van der Waals surface area contributed by atoms with Gasteiger partial charge in [-0.3, -0.25) is 0 Å². The Morgan fingerprint density at radius 1 is 0.688 bits per heavy atom. The van der Waals surface area contributed by atoms with Crippen molar-refractivity contribution in [1.82, 2.24) is 0 Å². The van der Waals surface area contributed by atoms with Crippen LogP contribution >= 0.6 is 0 Å². The van der Waals surface area contributed by atoms with E-state index in [-0.39, 0.29) is 5.41 Å². The molecule has 160 valence electrons. The van der Waals surface area contributed by atoms with Crippen LogP contribution in [0.1, 0.15) is 49.4 Å². The highest BCUT2D eigenvalue weighted by atomic mass is 14.5. The third kappa shape index (κ3) is 2.82. The highest BCUT2D eigenvalue weighted by molar-refractivity contribution is 5.95. The first-order valence-corrected chi connectivity index (χ1v) is 11.9. The molecule has 5 rings (SSSR count). The van der Waals surface area contributed by atoms with Crippen LogP contribution in [0.4, 0.5) is 0 Å². The van der Waals surface area contributed by atoms with Crippen molar-refractivity contribution in [3.63, 3.8) is 0 Å². The molecule has 0 unspecified atom stereocenters. The molecule has 0 bridgehead atoms. The van der Waals surface area contributed by atoms with Gasteiger partial charge in [-0.15, -0.1) is 0 Å². The van der Waals surface area contributed by atoms with Gasteiger partial charge in [-0.25, -0.2) is 0 Å². The third-order valence-corrected chi connectivity index (χ3v) is 7.76. The summed E-state index contributed by atoms with van der Waals surface area (Å²) in [6, 6.07) is 31.3. The van der Waals surface area contributed by atoms with Crippen molar-refractivity contribution in [2.45, 2.75) is 46.5 Å². The lowest BCUT2D eigenvalue weighted by Crippen LogP contribution is -2.31. The van der Waals surface area contributed by atoms with Crippen molar-refractivity contribution in [1.29, 1.82) is 0 Å². The van der Waals surface area contributed by atoms with Gasteiger partial charge >= 0.3 is 0 Å². The second-order valence-electron chi connectivity index (χ2n) is 9.55. The van der Waals surface area contributed by atoms with Crippen LogP contribution in [0.25, 0.3) is 33.4 Å². The normalized spacial score (nSPS) is 16.8. The summed E-state index contributed by atoms with van der Waals surface area (Å²) in [4.78, 5) is 0. The summed E-state index contributed by atoms with van der Waals surface area (Å²) in [6.07, 6.45) is 1.10. The molecule has 0 fully saturated rings. The van der Waals surface area contributed by atoms with E-state index < -0.39 is 0 Å². The van der Waals surface area contributed by atoms with E-state index in [2.05, 4.69) is 120 Å². The third-order valence-electron chi connectivity index (χ3n) is 7.76. The van der Waals surface area contributed by atoms with Gasteiger partial charge in [0.1, 0.15) is 0 Å². The molecule has 4 aromatic carbocycles. The predicted molar refractivity (Wildman–Crippen MR) is 138 cm³/mol. The minimum absolute atomic E-state index is 0.0443. The van der Waals surface area contributed by atoms with Gasteiger partial charge in [-0.2, -0.15) is 0 Å². The molecule has 4 aromatic rings. The SMILES string of the molecule is CC[C@@]1(C(C)C)c2ccccc2-c2cc(-c3ccccc3)c(-c3ccccc3C)c(C)c21. The lowest BCUT2D eigenvalue weighted by Gasteiger charge is -2.37. The standard InChI is InChI=1S/C32H32/c1-6-32(21(2)3)29-19-13-12-18-26(29)28-20-27(24-15-8-7-9-16-24)30(23(5)31(28)32)25-17-11-10-14-22(25)4/h7-21H,6H2,1-5H3/t32-/m1/s1. The molecule has 0 spiro atoms. The molecule has 0 saturated carbocycles. The van der Waals surface area contributed by atoms with E-state index in [0.717, 1.165) is 6.42 Å². The van der Waals surface area contributed by atoms with Crippen molar-refractivity contribution in [2.24, 2.45) is 5.92 Å². The van der Waals surface area contributed by atoms with E-state index in [1.54, 1.807) is 0 Å². The first-order valence-electron chi connectivity index (χ1n) is 11.9. The first-order chi connectivity index (χ1) is 15.5. The monoisotopic (exact) mass is 416 g/mol. The van der Waals surface area contributed by atoms with E-state index in [1.165, 1.54) is 55.6 Å². The van der Waals surface area contributed by atoms with Gasteiger partial charge in [0.05, 0.1) is 0 Å². The molecule has 0 radical (unpaired) electrons. The summed E-state index contributed by atoms with van der Waals surface area (Å²) < 4.78 is 0. The number of aryl methyl sites for hydroxylation is 1. The Bertz CT molecular complexity index is 1290. The molecule has 1 aliphatic rings. The van der Waals surface area contributed by atoms with Gasteiger partial charge in [0.2, 0.25) is 0 Å². The van der Waals surface area contributed by atoms with E-state index in [4.69, 9.17) is 0 Å². The van der Waals surface area contributed by atoms with Gasteiger partial charge in [0, 0.05) is 5.41 Å². The smallest absolute Gasteiger partial charge is 0.0238 e. The van der Waals surface area contributed by atoms with Crippen LogP contribution in [0.15, 0.2) is 84.9 Å². The topological polar surface area (TPSA) is 0 Å². The lowest BCUT2D eigenvalue weighted by atomic mass is 9.66. The molecule has 1 aliphatic carbocycles. The lowest BCUT2D eigenvalue weighted by molar-refractivity contribution is 0.365. The zero-order valence-corrected chi connectivity index (χ0v) is 19.9. The molecule has 0 aromatic heterocycles. The largest absolute Gasteiger partial charge is 0.0642 e. The quantitative estimate of drug-likeness (QED) is 0.311. The number of benzene rings is 4. The van der Waals surface area contributed by atoms with E-state index >= 15 is 0 Å². The summed E-state index contributed by atoms with van der Waals surface area (Å²) >= 11 is 0. The van der Waals surface area contributed by atoms with Crippen molar-refractivity contribution >= 4 is 0 Å². The van der Waals surface area contributed by atoms with Crippen molar-refractivity contribution in [3.05, 3.63) is 107 Å². The molecular formula is C32H32.